The minimum atomic E-state index is -5.08. The molecule has 1 aromatic heterocycles. The molecule has 0 spiro atoms. The lowest BCUT2D eigenvalue weighted by Crippen LogP contribution is -2.45. The number of pyridine rings is 1. The number of halogens is 3. The third-order valence-corrected chi connectivity index (χ3v) is 3.21. The molecule has 0 bridgehead atoms. The Bertz CT molecular complexity index is 510. The molecule has 136 valence electrons. The molecule has 0 unspecified atom stereocenters. The maximum Gasteiger partial charge on any atom is 0.490 e. The average molecular weight is 349 g/mol. The van der Waals surface area contributed by atoms with Gasteiger partial charge in [-0.1, -0.05) is 26.3 Å². The molecule has 0 radical (unpaired) electrons. The van der Waals surface area contributed by atoms with Crippen molar-refractivity contribution in [1.82, 2.24) is 10.3 Å². The third kappa shape index (κ3) is 9.09. The van der Waals surface area contributed by atoms with E-state index < -0.39 is 18.2 Å². The van der Waals surface area contributed by atoms with Gasteiger partial charge in [0.25, 0.3) is 0 Å². The second-order valence-corrected chi connectivity index (χ2v) is 5.08. The third-order valence-electron chi connectivity index (χ3n) is 3.21. The lowest BCUT2D eigenvalue weighted by atomic mass is 9.99. The van der Waals surface area contributed by atoms with Crippen molar-refractivity contribution in [2.45, 2.75) is 38.9 Å². The van der Waals surface area contributed by atoms with E-state index in [1.165, 1.54) is 0 Å². The van der Waals surface area contributed by atoms with Crippen molar-refractivity contribution in [3.05, 3.63) is 30.1 Å². The number of rotatable bonds is 6. The number of amides is 1. The van der Waals surface area contributed by atoms with E-state index >= 15 is 0 Å². The first kappa shape index (κ1) is 21.8. The van der Waals surface area contributed by atoms with Gasteiger partial charge in [0.15, 0.2) is 0 Å². The fourth-order valence-electron chi connectivity index (χ4n) is 1.49. The van der Waals surface area contributed by atoms with Gasteiger partial charge in [0, 0.05) is 24.9 Å². The van der Waals surface area contributed by atoms with Crippen LogP contribution in [0.1, 0.15) is 26.0 Å². The van der Waals surface area contributed by atoms with E-state index in [-0.39, 0.29) is 11.8 Å². The number of carbonyl (C=O) groups is 2. The molecule has 4 N–H and O–H groups in total. The summed E-state index contributed by atoms with van der Waals surface area (Å²) in [6, 6.07) is 5.35. The Morgan fingerprint density at radius 3 is 2.38 bits per heavy atom. The summed E-state index contributed by atoms with van der Waals surface area (Å²) in [4.78, 5) is 24.8. The average Bonchev–Trinajstić information content (AvgIpc) is 2.54. The molecule has 0 aliphatic rings. The van der Waals surface area contributed by atoms with Crippen molar-refractivity contribution in [1.29, 1.82) is 0 Å². The summed E-state index contributed by atoms with van der Waals surface area (Å²) in [7, 11) is 0. The number of nitrogens with two attached hydrogens (primary N) is 1. The molecule has 0 aromatic carbocycles. The first-order valence-electron chi connectivity index (χ1n) is 7.32. The van der Waals surface area contributed by atoms with Crippen LogP contribution < -0.4 is 11.1 Å². The molecule has 0 saturated heterocycles. The van der Waals surface area contributed by atoms with Crippen LogP contribution in [0.5, 0.6) is 0 Å². The highest BCUT2D eigenvalue weighted by molar-refractivity contribution is 5.81. The van der Waals surface area contributed by atoms with Gasteiger partial charge in [0.1, 0.15) is 0 Å². The second-order valence-electron chi connectivity index (χ2n) is 5.08. The van der Waals surface area contributed by atoms with Gasteiger partial charge in [-0.2, -0.15) is 13.2 Å². The Labute approximate surface area is 138 Å². The number of hydrogen-bond acceptors (Lipinski definition) is 4. The highest BCUT2D eigenvalue weighted by Gasteiger charge is 2.38. The molecular weight excluding hydrogens is 327 g/mol. The summed E-state index contributed by atoms with van der Waals surface area (Å²) in [5.41, 5.74) is 6.80. The van der Waals surface area contributed by atoms with Crippen molar-refractivity contribution < 1.29 is 27.9 Å². The van der Waals surface area contributed by atoms with Crippen molar-refractivity contribution >= 4 is 11.9 Å². The standard InChI is InChI=1S/C13H21N3O.C2HF3O2/c1-3-10(2)12(14)13(17)16-9-7-11-6-4-5-8-15-11;3-2(4,5)1(6)7/h4-6,8,10,12H,3,7,9,14H2,1-2H3,(H,16,17);(H,6,7)/t10-,12-;/m0./s1. The summed E-state index contributed by atoms with van der Waals surface area (Å²) in [5.74, 6) is -2.62. The molecule has 6 nitrogen and oxygen atoms in total. The van der Waals surface area contributed by atoms with E-state index in [4.69, 9.17) is 15.6 Å². The zero-order valence-corrected chi connectivity index (χ0v) is 13.5. The highest BCUT2D eigenvalue weighted by atomic mass is 19.4. The molecule has 1 amide bonds. The number of alkyl halides is 3. The topological polar surface area (TPSA) is 105 Å². The van der Waals surface area contributed by atoms with Gasteiger partial charge in [-0.25, -0.2) is 4.79 Å². The van der Waals surface area contributed by atoms with Crippen LogP contribution in [0.25, 0.3) is 0 Å². The molecule has 0 aliphatic carbocycles. The SMILES string of the molecule is CC[C@H](C)[C@H](N)C(=O)NCCc1ccccn1.O=C(O)C(F)(F)F. The van der Waals surface area contributed by atoms with Crippen molar-refractivity contribution in [2.24, 2.45) is 11.7 Å². The van der Waals surface area contributed by atoms with Crippen LogP contribution >= 0.6 is 0 Å². The van der Waals surface area contributed by atoms with Crippen LogP contribution in [0.4, 0.5) is 13.2 Å². The van der Waals surface area contributed by atoms with Gasteiger partial charge in [-0.15, -0.1) is 0 Å². The van der Waals surface area contributed by atoms with Crippen molar-refractivity contribution in [2.75, 3.05) is 6.54 Å². The maximum atomic E-state index is 11.7. The summed E-state index contributed by atoms with van der Waals surface area (Å²) in [6.07, 6.45) is -1.68. The Morgan fingerprint density at radius 2 is 1.96 bits per heavy atom. The molecule has 1 rings (SSSR count). The summed E-state index contributed by atoms with van der Waals surface area (Å²) in [6.45, 7) is 4.61. The van der Waals surface area contributed by atoms with Crippen molar-refractivity contribution in [3.63, 3.8) is 0 Å². The summed E-state index contributed by atoms with van der Waals surface area (Å²) in [5, 5.41) is 9.97. The first-order valence-corrected chi connectivity index (χ1v) is 7.32. The quantitative estimate of drug-likeness (QED) is 0.726. The van der Waals surface area contributed by atoms with Gasteiger partial charge >= 0.3 is 12.1 Å². The second kappa shape index (κ2) is 10.6. The van der Waals surface area contributed by atoms with E-state index in [0.717, 1.165) is 18.5 Å². The van der Waals surface area contributed by atoms with Crippen LogP contribution in [0, 0.1) is 5.92 Å². The normalized spacial score (nSPS) is 13.2. The molecule has 9 heteroatoms. The maximum absolute atomic E-state index is 11.7. The van der Waals surface area contributed by atoms with Gasteiger partial charge in [0.05, 0.1) is 6.04 Å². The molecule has 1 aromatic rings. The van der Waals surface area contributed by atoms with Crippen LogP contribution in [-0.4, -0.2) is 40.7 Å². The van der Waals surface area contributed by atoms with Crippen LogP contribution in [0.15, 0.2) is 24.4 Å². The van der Waals surface area contributed by atoms with E-state index in [9.17, 15) is 18.0 Å². The number of nitrogens with zero attached hydrogens (tertiary/aromatic N) is 1. The van der Waals surface area contributed by atoms with E-state index in [1.807, 2.05) is 32.0 Å². The van der Waals surface area contributed by atoms with Crippen LogP contribution in [0.2, 0.25) is 0 Å². The van der Waals surface area contributed by atoms with Gasteiger partial charge in [-0.05, 0) is 18.1 Å². The lowest BCUT2D eigenvalue weighted by Gasteiger charge is -2.17. The lowest BCUT2D eigenvalue weighted by molar-refractivity contribution is -0.192. The zero-order valence-electron chi connectivity index (χ0n) is 13.5. The molecule has 0 fully saturated rings. The minimum absolute atomic E-state index is 0.0738. The smallest absolute Gasteiger partial charge is 0.475 e. The highest BCUT2D eigenvalue weighted by Crippen LogP contribution is 2.13. The zero-order chi connectivity index (χ0) is 18.8. The fourth-order valence-corrected chi connectivity index (χ4v) is 1.49. The molecule has 24 heavy (non-hydrogen) atoms. The molecule has 1 heterocycles. The number of hydrogen-bond donors (Lipinski definition) is 3. The van der Waals surface area contributed by atoms with Crippen LogP contribution in [0.3, 0.4) is 0 Å². The number of carbonyl (C=O) groups excluding carboxylic acids is 1. The fraction of sp³-hybridized carbons (Fsp3) is 0.533. The Balaban J connectivity index is 0.000000640. The number of nitrogens with one attached hydrogen (secondary N) is 1. The summed E-state index contributed by atoms with van der Waals surface area (Å²) < 4.78 is 31.7. The van der Waals surface area contributed by atoms with Gasteiger partial charge < -0.3 is 16.2 Å². The van der Waals surface area contributed by atoms with Crippen LogP contribution in [-0.2, 0) is 16.0 Å². The predicted molar refractivity (Wildman–Crippen MR) is 82.1 cm³/mol. The van der Waals surface area contributed by atoms with Gasteiger partial charge in [-0.3, -0.25) is 9.78 Å². The monoisotopic (exact) mass is 349 g/mol. The molecule has 2 atom stereocenters. The summed E-state index contributed by atoms with van der Waals surface area (Å²) >= 11 is 0. The van der Waals surface area contributed by atoms with E-state index in [0.29, 0.717) is 6.54 Å². The van der Waals surface area contributed by atoms with E-state index in [1.54, 1.807) is 6.20 Å². The number of carboxylic acid groups (broad SMARTS) is 1. The van der Waals surface area contributed by atoms with E-state index in [2.05, 4.69) is 10.3 Å². The van der Waals surface area contributed by atoms with Crippen molar-refractivity contribution in [3.8, 4) is 0 Å². The largest absolute Gasteiger partial charge is 0.490 e. The molecule has 0 aliphatic heterocycles. The Kier molecular flexibility index (Phi) is 9.63. The number of aromatic nitrogens is 1. The molecule has 0 saturated carbocycles. The molecular formula is C15H22F3N3O3. The Morgan fingerprint density at radius 1 is 1.38 bits per heavy atom. The number of aliphatic carboxylic acids is 1. The number of carboxylic acids is 1. The first-order chi connectivity index (χ1) is 11.1. The van der Waals surface area contributed by atoms with Gasteiger partial charge in [0.2, 0.25) is 5.91 Å². The minimum Gasteiger partial charge on any atom is -0.475 e. The predicted octanol–water partition coefficient (Wildman–Crippen LogP) is 1.75. The Hall–Kier alpha value is -2.16.